The van der Waals surface area contributed by atoms with Gasteiger partial charge in [0, 0.05) is 7.11 Å². The number of amides is 1. The van der Waals surface area contributed by atoms with Gasteiger partial charge in [0.05, 0.1) is 19.8 Å². The lowest BCUT2D eigenvalue weighted by atomic mass is 9.99. The number of likely N-dealkylation sites (N-methyl/N-ethyl adjacent to an activating group) is 1. The summed E-state index contributed by atoms with van der Waals surface area (Å²) in [6, 6.07) is 14.8. The molecule has 3 unspecified atom stereocenters. The van der Waals surface area contributed by atoms with E-state index >= 15 is 0 Å². The predicted octanol–water partition coefficient (Wildman–Crippen LogP) is 2.85. The van der Waals surface area contributed by atoms with Crippen molar-refractivity contribution in [1.29, 1.82) is 0 Å². The molecule has 0 radical (unpaired) electrons. The molecule has 146 valence electrons. The minimum absolute atomic E-state index is 0.0382. The number of phenols is 1. The Balaban J connectivity index is 2.18. The molecular weight excluding hydrogens is 344 g/mol. The lowest BCUT2D eigenvalue weighted by Crippen LogP contribution is -2.52. The first-order chi connectivity index (χ1) is 12.8. The second-order valence-corrected chi connectivity index (χ2v) is 7.32. The molecular formula is C21H29N2O4+. The highest BCUT2D eigenvalue weighted by molar-refractivity contribution is 5.75. The molecule has 2 rings (SSSR count). The van der Waals surface area contributed by atoms with E-state index in [1.54, 1.807) is 19.2 Å². The van der Waals surface area contributed by atoms with Crippen LogP contribution in [0.1, 0.15) is 30.3 Å². The Morgan fingerprint density at radius 2 is 1.81 bits per heavy atom. The Kier molecular flexibility index (Phi) is 6.96. The van der Waals surface area contributed by atoms with Crippen molar-refractivity contribution >= 4 is 12.1 Å². The molecule has 3 atom stereocenters. The number of hydrogen-bond acceptors (Lipinski definition) is 4. The average molecular weight is 373 g/mol. The number of carbonyl (C=O) groups is 1. The fourth-order valence-electron chi connectivity index (χ4n) is 3.28. The van der Waals surface area contributed by atoms with Gasteiger partial charge in [-0.15, -0.1) is 0 Å². The number of phenolic OH excluding ortho intramolecular Hbond substituents is 1. The van der Waals surface area contributed by atoms with Gasteiger partial charge < -0.3 is 24.7 Å². The lowest BCUT2D eigenvalue weighted by Gasteiger charge is -2.41. The number of nitrogens with zero attached hydrogens (tertiary/aromatic N) is 1. The van der Waals surface area contributed by atoms with E-state index < -0.39 is 6.10 Å². The van der Waals surface area contributed by atoms with Crippen LogP contribution in [0.25, 0.3) is 0 Å². The first-order valence-corrected chi connectivity index (χ1v) is 8.91. The number of quaternary nitrogens is 1. The molecule has 0 aliphatic carbocycles. The Morgan fingerprint density at radius 3 is 2.41 bits per heavy atom. The highest BCUT2D eigenvalue weighted by atomic mass is 16.5. The van der Waals surface area contributed by atoms with Crippen LogP contribution in [0.5, 0.6) is 5.75 Å². The fourth-order valence-corrected chi connectivity index (χ4v) is 3.28. The number of ether oxygens (including phenoxy) is 1. The molecule has 0 aliphatic rings. The summed E-state index contributed by atoms with van der Waals surface area (Å²) >= 11 is 0. The zero-order valence-electron chi connectivity index (χ0n) is 16.3. The summed E-state index contributed by atoms with van der Waals surface area (Å²) in [5, 5.41) is 23.0. The number of methoxy groups -OCH3 is 1. The quantitative estimate of drug-likeness (QED) is 0.359. The summed E-state index contributed by atoms with van der Waals surface area (Å²) < 4.78 is 6.28. The second-order valence-electron chi connectivity index (χ2n) is 7.32. The van der Waals surface area contributed by atoms with Crippen molar-refractivity contribution in [2.24, 2.45) is 0 Å². The molecule has 6 nitrogen and oxygen atoms in total. The van der Waals surface area contributed by atoms with E-state index in [2.05, 4.69) is 12.2 Å². The maximum Gasteiger partial charge on any atom is 0.211 e. The predicted molar refractivity (Wildman–Crippen MR) is 105 cm³/mol. The van der Waals surface area contributed by atoms with Crippen LogP contribution in [0.3, 0.4) is 0 Å². The number of aliphatic hydroxyl groups excluding tert-OH is 1. The number of aliphatic hydroxyl groups is 1. The summed E-state index contributed by atoms with van der Waals surface area (Å²) in [7, 11) is 5.80. The van der Waals surface area contributed by atoms with E-state index in [9.17, 15) is 15.0 Å². The molecule has 0 aliphatic heterocycles. The Hall–Kier alpha value is -2.41. The molecule has 3 N–H and O–H groups in total. The van der Waals surface area contributed by atoms with Gasteiger partial charge in [-0.3, -0.25) is 4.79 Å². The summed E-state index contributed by atoms with van der Waals surface area (Å²) in [4.78, 5) is 10.7. The lowest BCUT2D eigenvalue weighted by molar-refractivity contribution is -0.921. The van der Waals surface area contributed by atoms with Crippen molar-refractivity contribution in [3.05, 3.63) is 59.7 Å². The second kappa shape index (κ2) is 8.99. The number of carbonyl (C=O) groups excluding carboxylic acids is 1. The van der Waals surface area contributed by atoms with Crippen molar-refractivity contribution in [2.45, 2.75) is 25.2 Å². The van der Waals surface area contributed by atoms with Gasteiger partial charge in [0.2, 0.25) is 6.41 Å². The van der Waals surface area contributed by atoms with Crippen molar-refractivity contribution in [3.8, 4) is 5.75 Å². The number of benzene rings is 2. The minimum Gasteiger partial charge on any atom is -0.506 e. The number of nitrogens with one attached hydrogen (secondary N) is 1. The third-order valence-electron chi connectivity index (χ3n) is 5.19. The number of aromatic hydroxyl groups is 1. The van der Waals surface area contributed by atoms with Gasteiger partial charge in [-0.1, -0.05) is 36.4 Å². The molecule has 0 saturated heterocycles. The average Bonchev–Trinajstić information content (AvgIpc) is 2.64. The maximum atomic E-state index is 10.8. The zero-order valence-corrected chi connectivity index (χ0v) is 16.3. The number of rotatable bonds is 9. The fraction of sp³-hybridized carbons (Fsp3) is 0.381. The van der Waals surface area contributed by atoms with Gasteiger partial charge in [-0.05, 0) is 30.2 Å². The molecule has 0 bridgehead atoms. The minimum atomic E-state index is -0.761. The molecule has 0 heterocycles. The van der Waals surface area contributed by atoms with Crippen LogP contribution in [0.4, 0.5) is 5.69 Å². The molecule has 0 saturated carbocycles. The molecule has 1 amide bonds. The van der Waals surface area contributed by atoms with E-state index in [0.29, 0.717) is 23.0 Å². The topological polar surface area (TPSA) is 78.8 Å². The molecule has 6 heteroatoms. The van der Waals surface area contributed by atoms with Gasteiger partial charge in [-0.25, -0.2) is 0 Å². The Morgan fingerprint density at radius 1 is 1.15 bits per heavy atom. The Bertz CT molecular complexity index is 749. The molecule has 0 aromatic heterocycles. The standard InChI is InChI=1S/C21H28N2O4/c1-15(21(27-4)16-8-6-5-7-9-16)23(2,3)13-20(26)17-10-11-19(25)18(12-17)22-14-24/h5-12,14-15,20-21,26H,13H2,1-4H3,(H-,22,24,25)/p+1. The van der Waals surface area contributed by atoms with Crippen molar-refractivity contribution in [3.63, 3.8) is 0 Å². The first-order valence-electron chi connectivity index (χ1n) is 8.91. The Labute approximate surface area is 160 Å². The highest BCUT2D eigenvalue weighted by Gasteiger charge is 2.35. The zero-order chi connectivity index (χ0) is 20.0. The van der Waals surface area contributed by atoms with E-state index in [-0.39, 0.29) is 23.6 Å². The largest absolute Gasteiger partial charge is 0.506 e. The van der Waals surface area contributed by atoms with Crippen molar-refractivity contribution in [1.82, 2.24) is 0 Å². The smallest absolute Gasteiger partial charge is 0.211 e. The normalized spacial score (nSPS) is 15.0. The summed E-state index contributed by atoms with van der Waals surface area (Å²) in [6.07, 6.45) is -0.375. The third kappa shape index (κ3) is 5.07. The van der Waals surface area contributed by atoms with E-state index in [4.69, 9.17) is 4.74 Å². The van der Waals surface area contributed by atoms with E-state index in [1.807, 2.05) is 44.4 Å². The summed E-state index contributed by atoms with van der Waals surface area (Å²) in [5.74, 6) is -0.0382. The van der Waals surface area contributed by atoms with Crippen molar-refractivity contribution < 1.29 is 24.2 Å². The molecule has 2 aromatic rings. The van der Waals surface area contributed by atoms with Gasteiger partial charge in [0.1, 0.15) is 30.5 Å². The molecule has 2 aromatic carbocycles. The monoisotopic (exact) mass is 373 g/mol. The van der Waals surface area contributed by atoms with Crippen LogP contribution in [-0.4, -0.2) is 54.9 Å². The van der Waals surface area contributed by atoms with Gasteiger partial charge in [0.15, 0.2) is 0 Å². The van der Waals surface area contributed by atoms with Crippen molar-refractivity contribution in [2.75, 3.05) is 33.1 Å². The highest BCUT2D eigenvalue weighted by Crippen LogP contribution is 2.31. The van der Waals surface area contributed by atoms with Crippen LogP contribution in [0.2, 0.25) is 0 Å². The molecule has 27 heavy (non-hydrogen) atoms. The first kappa shape index (κ1) is 20.9. The summed E-state index contributed by atoms with van der Waals surface area (Å²) in [6.45, 7) is 2.54. The molecule has 0 spiro atoms. The SMILES string of the molecule is COC(c1ccccc1)C(C)[N+](C)(C)CC(O)c1ccc(O)c(NC=O)c1. The van der Waals surface area contributed by atoms with Gasteiger partial charge >= 0.3 is 0 Å². The van der Waals surface area contributed by atoms with Crippen LogP contribution in [0.15, 0.2) is 48.5 Å². The molecule has 0 fully saturated rings. The number of anilines is 1. The van der Waals surface area contributed by atoms with Crippen LogP contribution in [0, 0.1) is 0 Å². The maximum absolute atomic E-state index is 10.8. The van der Waals surface area contributed by atoms with Gasteiger partial charge in [0.25, 0.3) is 0 Å². The van der Waals surface area contributed by atoms with E-state index in [1.165, 1.54) is 6.07 Å². The summed E-state index contributed by atoms with van der Waals surface area (Å²) in [5.41, 5.74) is 2.00. The number of hydrogen-bond donors (Lipinski definition) is 3. The van der Waals surface area contributed by atoms with Gasteiger partial charge in [-0.2, -0.15) is 0 Å². The van der Waals surface area contributed by atoms with Crippen LogP contribution >= 0.6 is 0 Å². The van der Waals surface area contributed by atoms with Crippen LogP contribution in [-0.2, 0) is 9.53 Å². The van der Waals surface area contributed by atoms with E-state index in [0.717, 1.165) is 5.56 Å². The van der Waals surface area contributed by atoms with Crippen LogP contribution < -0.4 is 5.32 Å². The third-order valence-corrected chi connectivity index (χ3v) is 5.19.